The van der Waals surface area contributed by atoms with Crippen LogP contribution in [-0.4, -0.2) is 13.6 Å². The van der Waals surface area contributed by atoms with E-state index < -0.39 is 10.0 Å². The molecule has 0 aromatic heterocycles. The van der Waals surface area contributed by atoms with E-state index in [-0.39, 0.29) is 10.3 Å². The van der Waals surface area contributed by atoms with E-state index >= 15 is 0 Å². The fourth-order valence-corrected chi connectivity index (χ4v) is 1.79. The van der Waals surface area contributed by atoms with Crippen LogP contribution in [0.1, 0.15) is 26.3 Å². The molecule has 1 rings (SSSR count). The van der Waals surface area contributed by atoms with Crippen molar-refractivity contribution in [1.82, 2.24) is 4.89 Å². The second-order valence-electron chi connectivity index (χ2n) is 4.37. The highest BCUT2D eigenvalue weighted by Crippen LogP contribution is 2.23. The predicted molar refractivity (Wildman–Crippen MR) is 57.3 cm³/mol. The molecule has 0 bridgehead atoms. The second kappa shape index (κ2) is 3.92. The van der Waals surface area contributed by atoms with Crippen molar-refractivity contribution in [3.63, 3.8) is 0 Å². The molecule has 0 fully saturated rings. The molecule has 0 radical (unpaired) electrons. The Morgan fingerprint density at radius 3 is 1.93 bits per heavy atom. The molecule has 2 N–H and O–H groups in total. The van der Waals surface area contributed by atoms with Gasteiger partial charge in [0.15, 0.2) is 0 Å². The van der Waals surface area contributed by atoms with Gasteiger partial charge in [0, 0.05) is 0 Å². The molecule has 0 saturated heterocycles. The van der Waals surface area contributed by atoms with E-state index in [1.165, 1.54) is 17.0 Å². The van der Waals surface area contributed by atoms with Gasteiger partial charge in [-0.25, -0.2) is 8.42 Å². The number of hydrogen-bond donors (Lipinski definition) is 2. The maximum atomic E-state index is 11.2. The van der Waals surface area contributed by atoms with Crippen LogP contribution in [0.3, 0.4) is 0 Å². The molecule has 5 heteroatoms. The van der Waals surface area contributed by atoms with E-state index in [0.29, 0.717) is 0 Å². The van der Waals surface area contributed by atoms with Gasteiger partial charge in [-0.3, -0.25) is 0 Å². The highest BCUT2D eigenvalue weighted by molar-refractivity contribution is 7.89. The fraction of sp³-hybridized carbons (Fsp3) is 0.400. The average Bonchev–Trinajstić information content (AvgIpc) is 2.17. The molecule has 1 aromatic rings. The monoisotopic (exact) mass is 229 g/mol. The van der Waals surface area contributed by atoms with Gasteiger partial charge < -0.3 is 5.21 Å². The Kier molecular flexibility index (Phi) is 3.18. The van der Waals surface area contributed by atoms with E-state index in [1.807, 2.05) is 20.8 Å². The Bertz CT molecular complexity index is 429. The zero-order valence-electron chi connectivity index (χ0n) is 8.98. The van der Waals surface area contributed by atoms with Crippen molar-refractivity contribution in [1.29, 1.82) is 0 Å². The molecule has 0 aliphatic carbocycles. The van der Waals surface area contributed by atoms with Crippen molar-refractivity contribution >= 4 is 10.0 Å². The largest absolute Gasteiger partial charge is 0.302 e. The molecule has 0 spiro atoms. The molecule has 0 aliphatic heterocycles. The summed E-state index contributed by atoms with van der Waals surface area (Å²) in [7, 11) is -3.75. The lowest BCUT2D eigenvalue weighted by molar-refractivity contribution is 0.242. The Morgan fingerprint density at radius 2 is 1.60 bits per heavy atom. The Labute approximate surface area is 90.0 Å². The van der Waals surface area contributed by atoms with Crippen molar-refractivity contribution < 1.29 is 13.6 Å². The minimum atomic E-state index is -3.75. The summed E-state index contributed by atoms with van der Waals surface area (Å²) in [6.07, 6.45) is 0. The highest BCUT2D eigenvalue weighted by Gasteiger charge is 2.16. The lowest BCUT2D eigenvalue weighted by Gasteiger charge is -2.18. The zero-order valence-corrected chi connectivity index (χ0v) is 9.80. The number of hydrogen-bond acceptors (Lipinski definition) is 3. The SMILES string of the molecule is CC(C)(C)c1ccc(S(=O)(=O)NO)cc1. The molecule has 0 aliphatic rings. The molecular weight excluding hydrogens is 214 g/mol. The van der Waals surface area contributed by atoms with Crippen LogP contribution < -0.4 is 4.89 Å². The zero-order chi connectivity index (χ0) is 11.7. The molecular formula is C10H15NO3S. The van der Waals surface area contributed by atoms with Crippen LogP contribution in [0.4, 0.5) is 0 Å². The van der Waals surface area contributed by atoms with Gasteiger partial charge in [-0.1, -0.05) is 37.8 Å². The van der Waals surface area contributed by atoms with Gasteiger partial charge in [0.25, 0.3) is 10.0 Å². The first kappa shape index (κ1) is 12.2. The van der Waals surface area contributed by atoms with Crippen LogP contribution >= 0.6 is 0 Å². The van der Waals surface area contributed by atoms with Crippen molar-refractivity contribution in [3.05, 3.63) is 29.8 Å². The normalized spacial score (nSPS) is 12.8. The molecule has 15 heavy (non-hydrogen) atoms. The summed E-state index contributed by atoms with van der Waals surface area (Å²) in [6.45, 7) is 6.13. The number of rotatable bonds is 2. The molecule has 0 amide bonds. The second-order valence-corrected chi connectivity index (χ2v) is 6.03. The third-order valence-corrected chi connectivity index (χ3v) is 3.28. The third kappa shape index (κ3) is 2.77. The van der Waals surface area contributed by atoms with Gasteiger partial charge in [-0.2, -0.15) is 0 Å². The summed E-state index contributed by atoms with van der Waals surface area (Å²) in [5.41, 5.74) is 1.02. The molecule has 0 saturated carbocycles. The predicted octanol–water partition coefficient (Wildman–Crippen LogP) is 1.65. The first-order valence-corrected chi connectivity index (χ1v) is 6.02. The maximum Gasteiger partial charge on any atom is 0.262 e. The van der Waals surface area contributed by atoms with Gasteiger partial charge in [0.1, 0.15) is 0 Å². The number of nitrogens with one attached hydrogen (secondary N) is 1. The van der Waals surface area contributed by atoms with Crippen LogP contribution in [0.15, 0.2) is 29.2 Å². The van der Waals surface area contributed by atoms with E-state index in [2.05, 4.69) is 0 Å². The van der Waals surface area contributed by atoms with Gasteiger partial charge >= 0.3 is 0 Å². The molecule has 1 aromatic carbocycles. The van der Waals surface area contributed by atoms with E-state index in [9.17, 15) is 8.42 Å². The van der Waals surface area contributed by atoms with E-state index in [1.54, 1.807) is 12.1 Å². The van der Waals surface area contributed by atoms with Crippen LogP contribution in [0.25, 0.3) is 0 Å². The summed E-state index contributed by atoms with van der Waals surface area (Å²) in [5, 5.41) is 8.44. The van der Waals surface area contributed by atoms with Crippen molar-refractivity contribution in [2.45, 2.75) is 31.1 Å². The van der Waals surface area contributed by atoms with E-state index in [0.717, 1.165) is 5.56 Å². The minimum absolute atomic E-state index is 0.0189. The van der Waals surface area contributed by atoms with Gasteiger partial charge in [0.2, 0.25) is 0 Å². The lowest BCUT2D eigenvalue weighted by atomic mass is 9.87. The van der Waals surface area contributed by atoms with Gasteiger partial charge in [-0.15, -0.1) is 0 Å². The summed E-state index contributed by atoms with van der Waals surface area (Å²) >= 11 is 0. The van der Waals surface area contributed by atoms with Crippen LogP contribution in [-0.2, 0) is 15.4 Å². The molecule has 4 nitrogen and oxygen atoms in total. The Hall–Kier alpha value is -0.910. The molecule has 0 heterocycles. The fourth-order valence-electron chi connectivity index (χ4n) is 1.19. The molecule has 0 atom stereocenters. The standard InChI is InChI=1S/C10H15NO3S/c1-10(2,3)8-4-6-9(7-5-8)15(13,14)11-12/h4-7,11-12H,1-3H3. The van der Waals surface area contributed by atoms with Crippen molar-refractivity contribution in [2.75, 3.05) is 0 Å². The summed E-state index contributed by atoms with van der Waals surface area (Å²) in [4.78, 5) is 1.34. The number of sulfonamides is 1. The first-order chi connectivity index (χ1) is 6.77. The maximum absolute atomic E-state index is 11.2. The van der Waals surface area contributed by atoms with Crippen LogP contribution in [0.5, 0.6) is 0 Å². The van der Waals surface area contributed by atoms with E-state index in [4.69, 9.17) is 5.21 Å². The topological polar surface area (TPSA) is 66.4 Å². The van der Waals surface area contributed by atoms with Crippen molar-refractivity contribution in [3.8, 4) is 0 Å². The minimum Gasteiger partial charge on any atom is -0.302 e. The van der Waals surface area contributed by atoms with Crippen LogP contribution in [0, 0.1) is 0 Å². The van der Waals surface area contributed by atoms with Crippen molar-refractivity contribution in [2.24, 2.45) is 0 Å². The third-order valence-electron chi connectivity index (χ3n) is 2.15. The van der Waals surface area contributed by atoms with Crippen LogP contribution in [0.2, 0.25) is 0 Å². The summed E-state index contributed by atoms with van der Waals surface area (Å²) < 4.78 is 22.4. The first-order valence-electron chi connectivity index (χ1n) is 4.54. The Balaban J connectivity index is 3.12. The molecule has 0 unspecified atom stereocenters. The lowest BCUT2D eigenvalue weighted by Crippen LogP contribution is -2.19. The quantitative estimate of drug-likeness (QED) is 0.758. The highest BCUT2D eigenvalue weighted by atomic mass is 32.2. The van der Waals surface area contributed by atoms with Gasteiger partial charge in [-0.05, 0) is 23.1 Å². The summed E-state index contributed by atoms with van der Waals surface area (Å²) in [6, 6.07) is 6.42. The number of benzene rings is 1. The Morgan fingerprint density at radius 1 is 1.13 bits per heavy atom. The molecule has 84 valence electrons. The average molecular weight is 229 g/mol. The summed E-state index contributed by atoms with van der Waals surface area (Å²) in [5.74, 6) is 0. The smallest absolute Gasteiger partial charge is 0.262 e. The van der Waals surface area contributed by atoms with Gasteiger partial charge in [0.05, 0.1) is 4.90 Å².